The van der Waals surface area contributed by atoms with E-state index < -0.39 is 0 Å². The maximum absolute atomic E-state index is 13.3. The van der Waals surface area contributed by atoms with E-state index >= 15 is 0 Å². The number of hydrogen-bond acceptors (Lipinski definition) is 7. The molecule has 0 radical (unpaired) electrons. The van der Waals surface area contributed by atoms with Crippen LogP contribution in [0.3, 0.4) is 0 Å². The summed E-state index contributed by atoms with van der Waals surface area (Å²) in [5.41, 5.74) is 2.67. The van der Waals surface area contributed by atoms with E-state index in [-0.39, 0.29) is 11.2 Å². The number of fused-ring (bicyclic) bond motifs is 2. The summed E-state index contributed by atoms with van der Waals surface area (Å²) in [6.07, 6.45) is 3.21. The number of aromatic nitrogens is 5. The van der Waals surface area contributed by atoms with Crippen molar-refractivity contribution in [3.63, 3.8) is 0 Å². The summed E-state index contributed by atoms with van der Waals surface area (Å²) < 4.78 is 6.87. The number of piperidine rings is 1. The molecule has 0 saturated carbocycles. The number of nitrogens with zero attached hydrogens (tertiary/aromatic N) is 6. The van der Waals surface area contributed by atoms with Crippen LogP contribution in [0.1, 0.15) is 18.4 Å². The Labute approximate surface area is 228 Å². The van der Waals surface area contributed by atoms with Gasteiger partial charge in [0, 0.05) is 39.5 Å². The molecule has 0 atom stereocenters. The van der Waals surface area contributed by atoms with Gasteiger partial charge in [0.05, 0.1) is 10.2 Å². The Balaban J connectivity index is 1.27. The molecule has 196 valence electrons. The molecular formula is C28H30N6O2S2. The van der Waals surface area contributed by atoms with E-state index in [0.717, 1.165) is 53.9 Å². The molecule has 5 aromatic rings. The molecule has 4 heterocycles. The van der Waals surface area contributed by atoms with Crippen LogP contribution < -0.4 is 16.1 Å². The lowest BCUT2D eigenvalue weighted by Gasteiger charge is -2.33. The first-order valence-corrected chi connectivity index (χ1v) is 14.7. The summed E-state index contributed by atoms with van der Waals surface area (Å²) in [4.78, 5) is 37.8. The molecule has 0 amide bonds. The number of anilines is 1. The van der Waals surface area contributed by atoms with Crippen LogP contribution in [0.25, 0.3) is 21.4 Å². The predicted octanol–water partition coefficient (Wildman–Crippen LogP) is 4.29. The SMILES string of the molecule is Cn1c(=O)c2c(nc(N3CCC(Cc4ccccc4)CC3)n2CCSc2nc3ccccc3s2)n(C)c1=O. The highest BCUT2D eigenvalue weighted by molar-refractivity contribution is 8.01. The Morgan fingerprint density at radius 1 is 0.947 bits per heavy atom. The third-order valence-corrected chi connectivity index (χ3v) is 9.57. The standard InChI is InChI=1S/C28H30N6O2S2/c1-31-24-23(25(35)32(2)28(31)36)34(16-17-37-27-29-21-10-6-7-11-22(21)38-27)26(30-24)33-14-12-20(13-15-33)18-19-8-4-3-5-9-19/h3-11,20H,12-18H2,1-2H3. The van der Waals surface area contributed by atoms with Crippen LogP contribution in [0, 0.1) is 5.92 Å². The minimum Gasteiger partial charge on any atom is -0.342 e. The van der Waals surface area contributed by atoms with Gasteiger partial charge in [0.15, 0.2) is 15.5 Å². The van der Waals surface area contributed by atoms with Crippen molar-refractivity contribution in [2.75, 3.05) is 23.7 Å². The number of para-hydroxylation sites is 1. The molecule has 0 bridgehead atoms. The van der Waals surface area contributed by atoms with Gasteiger partial charge in [0.1, 0.15) is 0 Å². The zero-order chi connectivity index (χ0) is 26.2. The maximum Gasteiger partial charge on any atom is 0.332 e. The van der Waals surface area contributed by atoms with E-state index in [4.69, 9.17) is 9.97 Å². The Morgan fingerprint density at radius 3 is 2.45 bits per heavy atom. The van der Waals surface area contributed by atoms with Gasteiger partial charge in [0.2, 0.25) is 5.95 Å². The second-order valence-corrected chi connectivity index (χ2v) is 12.2. The highest BCUT2D eigenvalue weighted by Crippen LogP contribution is 2.31. The monoisotopic (exact) mass is 546 g/mol. The van der Waals surface area contributed by atoms with Gasteiger partial charge in [-0.15, -0.1) is 11.3 Å². The Morgan fingerprint density at radius 2 is 1.68 bits per heavy atom. The maximum atomic E-state index is 13.3. The fourth-order valence-corrected chi connectivity index (χ4v) is 7.37. The number of thiazole rings is 1. The summed E-state index contributed by atoms with van der Waals surface area (Å²) in [5, 5.41) is 0. The van der Waals surface area contributed by atoms with Gasteiger partial charge in [-0.2, -0.15) is 4.98 Å². The molecule has 38 heavy (non-hydrogen) atoms. The lowest BCUT2D eigenvalue weighted by atomic mass is 9.90. The second kappa shape index (κ2) is 10.4. The third kappa shape index (κ3) is 4.67. The van der Waals surface area contributed by atoms with Crippen LogP contribution in [-0.4, -0.2) is 42.5 Å². The molecule has 1 fully saturated rings. The second-order valence-electron chi connectivity index (χ2n) is 9.86. The summed E-state index contributed by atoms with van der Waals surface area (Å²) in [6.45, 7) is 2.35. The zero-order valence-electron chi connectivity index (χ0n) is 21.5. The van der Waals surface area contributed by atoms with Crippen LogP contribution in [0.2, 0.25) is 0 Å². The molecular weight excluding hydrogens is 516 g/mol. The summed E-state index contributed by atoms with van der Waals surface area (Å²) in [6, 6.07) is 18.8. The molecule has 8 nitrogen and oxygen atoms in total. The van der Waals surface area contributed by atoms with Crippen LogP contribution in [0.15, 0.2) is 68.5 Å². The molecule has 0 N–H and O–H groups in total. The summed E-state index contributed by atoms with van der Waals surface area (Å²) in [5.74, 6) is 2.15. The number of imidazole rings is 1. The Bertz CT molecular complexity index is 1680. The molecule has 0 unspecified atom stereocenters. The minimum atomic E-state index is -0.357. The van der Waals surface area contributed by atoms with Crippen molar-refractivity contribution in [1.82, 2.24) is 23.7 Å². The van der Waals surface area contributed by atoms with Gasteiger partial charge in [0.25, 0.3) is 5.56 Å². The average molecular weight is 547 g/mol. The summed E-state index contributed by atoms with van der Waals surface area (Å²) >= 11 is 3.38. The van der Waals surface area contributed by atoms with Gasteiger partial charge in [-0.1, -0.05) is 54.2 Å². The van der Waals surface area contributed by atoms with Crippen molar-refractivity contribution in [1.29, 1.82) is 0 Å². The van der Waals surface area contributed by atoms with Crippen molar-refractivity contribution in [3.8, 4) is 0 Å². The van der Waals surface area contributed by atoms with E-state index in [1.165, 1.54) is 26.4 Å². The van der Waals surface area contributed by atoms with Gasteiger partial charge in [-0.3, -0.25) is 13.9 Å². The first-order valence-electron chi connectivity index (χ1n) is 12.9. The Hall–Kier alpha value is -3.37. The van der Waals surface area contributed by atoms with Crippen LogP contribution in [0.4, 0.5) is 5.95 Å². The van der Waals surface area contributed by atoms with Gasteiger partial charge in [-0.25, -0.2) is 9.78 Å². The fraction of sp³-hybridized carbons (Fsp3) is 0.357. The number of thioether (sulfide) groups is 1. The number of benzene rings is 2. The van der Waals surface area contributed by atoms with Crippen molar-refractivity contribution < 1.29 is 0 Å². The van der Waals surface area contributed by atoms with E-state index in [2.05, 4.69) is 41.3 Å². The van der Waals surface area contributed by atoms with Crippen LogP contribution in [0.5, 0.6) is 0 Å². The van der Waals surface area contributed by atoms with Crippen LogP contribution in [-0.2, 0) is 27.1 Å². The van der Waals surface area contributed by atoms with Crippen molar-refractivity contribution >= 4 is 50.4 Å². The van der Waals surface area contributed by atoms with Crippen molar-refractivity contribution in [2.24, 2.45) is 20.0 Å². The largest absolute Gasteiger partial charge is 0.342 e. The molecule has 3 aromatic heterocycles. The van der Waals surface area contributed by atoms with Crippen molar-refractivity contribution in [2.45, 2.75) is 30.1 Å². The Kier molecular flexibility index (Phi) is 6.84. The molecule has 0 spiro atoms. The third-order valence-electron chi connectivity index (χ3n) is 7.41. The van der Waals surface area contributed by atoms with Gasteiger partial charge < -0.3 is 9.47 Å². The van der Waals surface area contributed by atoms with Crippen molar-refractivity contribution in [3.05, 3.63) is 81.0 Å². The normalized spacial score (nSPS) is 14.6. The highest BCUT2D eigenvalue weighted by Gasteiger charge is 2.26. The number of rotatable bonds is 7. The molecule has 6 rings (SSSR count). The van der Waals surface area contributed by atoms with E-state index in [9.17, 15) is 9.59 Å². The highest BCUT2D eigenvalue weighted by atomic mass is 32.2. The number of hydrogen-bond donors (Lipinski definition) is 0. The lowest BCUT2D eigenvalue weighted by molar-refractivity contribution is 0.398. The molecule has 2 aromatic carbocycles. The average Bonchev–Trinajstić information content (AvgIpc) is 3.53. The van der Waals surface area contributed by atoms with Gasteiger partial charge >= 0.3 is 5.69 Å². The minimum absolute atomic E-state index is 0.300. The van der Waals surface area contributed by atoms with E-state index in [0.29, 0.717) is 23.6 Å². The smallest absolute Gasteiger partial charge is 0.332 e. The first-order chi connectivity index (χ1) is 18.5. The van der Waals surface area contributed by atoms with E-state index in [1.807, 2.05) is 22.8 Å². The molecule has 1 aliphatic heterocycles. The van der Waals surface area contributed by atoms with Crippen LogP contribution >= 0.6 is 23.1 Å². The number of aryl methyl sites for hydroxylation is 2. The van der Waals surface area contributed by atoms with Gasteiger partial charge in [-0.05, 0) is 42.9 Å². The first kappa shape index (κ1) is 24.9. The zero-order valence-corrected chi connectivity index (χ0v) is 23.2. The molecule has 1 aliphatic rings. The molecule has 1 saturated heterocycles. The topological polar surface area (TPSA) is 78.0 Å². The van der Waals surface area contributed by atoms with E-state index in [1.54, 1.807) is 30.1 Å². The summed E-state index contributed by atoms with van der Waals surface area (Å²) in [7, 11) is 3.22. The lowest BCUT2D eigenvalue weighted by Crippen LogP contribution is -2.38. The molecule has 0 aliphatic carbocycles. The quantitative estimate of drug-likeness (QED) is 0.284. The molecule has 10 heteroatoms. The predicted molar refractivity (Wildman–Crippen MR) is 156 cm³/mol. The fourth-order valence-electron chi connectivity index (χ4n) is 5.31.